The van der Waals surface area contributed by atoms with Crippen molar-refractivity contribution in [2.45, 2.75) is 6.42 Å². The van der Waals surface area contributed by atoms with Crippen molar-refractivity contribution >= 4 is 5.97 Å². The third kappa shape index (κ3) is 5.82. The zero-order valence-corrected chi connectivity index (χ0v) is 7.05. The number of aliphatic carboxylic acids is 1. The molecule has 0 aliphatic heterocycles. The normalized spacial score (nSPS) is 10.5. The maximum Gasteiger partial charge on any atom is 0.303 e. The molecule has 0 aromatic rings. The highest BCUT2D eigenvalue weighted by atomic mass is 16.4. The number of carboxylic acids is 1. The average Bonchev–Trinajstić information content (AvgIpc) is 1.87. The van der Waals surface area contributed by atoms with Gasteiger partial charge in [-0.25, -0.2) is 0 Å². The van der Waals surface area contributed by atoms with Crippen LogP contribution in [0.1, 0.15) is 6.42 Å². The minimum atomic E-state index is -0.736. The number of nitrogens with one attached hydrogen (secondary N) is 2. The summed E-state index contributed by atoms with van der Waals surface area (Å²) in [5.41, 5.74) is 0. The Hall–Kier alpha value is -0.610. The largest absolute Gasteiger partial charge is 0.481 e. The van der Waals surface area contributed by atoms with Crippen LogP contribution in [0.2, 0.25) is 0 Å². The lowest BCUT2D eigenvalue weighted by atomic mass is 10.1. The Labute approximate surface area is 67.0 Å². The molecule has 0 fully saturated rings. The van der Waals surface area contributed by atoms with Crippen LogP contribution in [-0.4, -0.2) is 38.3 Å². The van der Waals surface area contributed by atoms with Crippen molar-refractivity contribution in [1.29, 1.82) is 0 Å². The predicted molar refractivity (Wildman–Crippen MR) is 43.6 cm³/mol. The summed E-state index contributed by atoms with van der Waals surface area (Å²) in [5, 5.41) is 14.4. The molecule has 4 nitrogen and oxygen atoms in total. The Morgan fingerprint density at radius 1 is 1.36 bits per heavy atom. The average molecular weight is 160 g/mol. The lowest BCUT2D eigenvalue weighted by molar-refractivity contribution is -0.138. The molecule has 0 saturated carbocycles. The van der Waals surface area contributed by atoms with E-state index in [0.717, 1.165) is 13.1 Å². The molecule has 0 rings (SSSR count). The smallest absolute Gasteiger partial charge is 0.303 e. The van der Waals surface area contributed by atoms with Gasteiger partial charge in [0.1, 0.15) is 0 Å². The molecule has 0 spiro atoms. The molecule has 0 bridgehead atoms. The van der Waals surface area contributed by atoms with Gasteiger partial charge in [-0.2, -0.15) is 0 Å². The molecule has 11 heavy (non-hydrogen) atoms. The molecule has 0 saturated heterocycles. The van der Waals surface area contributed by atoms with Gasteiger partial charge in [-0.15, -0.1) is 0 Å². The van der Waals surface area contributed by atoms with Gasteiger partial charge >= 0.3 is 5.97 Å². The van der Waals surface area contributed by atoms with Crippen LogP contribution in [0, 0.1) is 5.92 Å². The van der Waals surface area contributed by atoms with Crippen LogP contribution in [0.4, 0.5) is 0 Å². The minimum Gasteiger partial charge on any atom is -0.481 e. The van der Waals surface area contributed by atoms with Gasteiger partial charge in [0.15, 0.2) is 0 Å². The fourth-order valence-electron chi connectivity index (χ4n) is 1.04. The van der Waals surface area contributed by atoms with Gasteiger partial charge in [-0.3, -0.25) is 4.79 Å². The molecule has 0 aromatic heterocycles. The lowest BCUT2D eigenvalue weighted by Gasteiger charge is -2.12. The molecule has 0 radical (unpaired) electrons. The van der Waals surface area contributed by atoms with Crippen LogP contribution < -0.4 is 10.6 Å². The number of hydrogen-bond donors (Lipinski definition) is 3. The summed E-state index contributed by atoms with van der Waals surface area (Å²) in [6.45, 7) is 1.49. The quantitative estimate of drug-likeness (QED) is 0.491. The molecular formula is C7H16N2O2. The summed E-state index contributed by atoms with van der Waals surface area (Å²) in [5.74, 6) is -0.553. The first-order chi connectivity index (χ1) is 5.20. The van der Waals surface area contributed by atoms with Gasteiger partial charge in [-0.1, -0.05) is 0 Å². The number of carboxylic acid groups (broad SMARTS) is 1. The first kappa shape index (κ1) is 10.4. The number of rotatable bonds is 6. The molecule has 3 N–H and O–H groups in total. The van der Waals surface area contributed by atoms with E-state index in [4.69, 9.17) is 5.11 Å². The molecule has 0 atom stereocenters. The van der Waals surface area contributed by atoms with E-state index in [-0.39, 0.29) is 12.3 Å². The summed E-state index contributed by atoms with van der Waals surface area (Å²) >= 11 is 0. The van der Waals surface area contributed by atoms with Crippen LogP contribution in [0.5, 0.6) is 0 Å². The zero-order chi connectivity index (χ0) is 8.69. The van der Waals surface area contributed by atoms with E-state index in [1.165, 1.54) is 0 Å². The monoisotopic (exact) mass is 160 g/mol. The van der Waals surface area contributed by atoms with Crippen molar-refractivity contribution in [3.8, 4) is 0 Å². The Morgan fingerprint density at radius 3 is 2.09 bits per heavy atom. The van der Waals surface area contributed by atoms with Gasteiger partial charge in [0.2, 0.25) is 0 Å². The van der Waals surface area contributed by atoms with E-state index in [1.54, 1.807) is 0 Å². The van der Waals surface area contributed by atoms with E-state index in [0.29, 0.717) is 0 Å². The Balaban J connectivity index is 3.59. The van der Waals surface area contributed by atoms with E-state index < -0.39 is 5.97 Å². The van der Waals surface area contributed by atoms with Crippen LogP contribution in [0.25, 0.3) is 0 Å². The second kappa shape index (κ2) is 6.12. The van der Waals surface area contributed by atoms with Crippen molar-refractivity contribution in [3.05, 3.63) is 0 Å². The molecule has 0 aromatic carbocycles. The maximum absolute atomic E-state index is 10.3. The first-order valence-corrected chi connectivity index (χ1v) is 3.71. The van der Waals surface area contributed by atoms with Crippen molar-refractivity contribution in [1.82, 2.24) is 10.6 Å². The summed E-state index contributed by atoms with van der Waals surface area (Å²) < 4.78 is 0. The molecule has 66 valence electrons. The summed E-state index contributed by atoms with van der Waals surface area (Å²) in [7, 11) is 3.65. The maximum atomic E-state index is 10.3. The lowest BCUT2D eigenvalue weighted by Crippen LogP contribution is -2.29. The SMILES string of the molecule is CNCC(CNC)CC(=O)O. The highest BCUT2D eigenvalue weighted by Gasteiger charge is 2.10. The van der Waals surface area contributed by atoms with Crippen molar-refractivity contribution < 1.29 is 9.90 Å². The van der Waals surface area contributed by atoms with Crippen LogP contribution in [-0.2, 0) is 4.79 Å². The molecule has 0 amide bonds. The zero-order valence-electron chi connectivity index (χ0n) is 7.05. The molecule has 4 heteroatoms. The fraction of sp³-hybridized carbons (Fsp3) is 0.857. The Kier molecular flexibility index (Phi) is 5.78. The third-order valence-corrected chi connectivity index (χ3v) is 1.45. The first-order valence-electron chi connectivity index (χ1n) is 3.71. The van der Waals surface area contributed by atoms with Gasteiger partial charge in [0, 0.05) is 0 Å². The van der Waals surface area contributed by atoms with E-state index >= 15 is 0 Å². The molecule has 0 aliphatic rings. The van der Waals surface area contributed by atoms with Gasteiger partial charge in [0.05, 0.1) is 6.42 Å². The molecule has 0 heterocycles. The molecule has 0 aliphatic carbocycles. The molecule has 0 unspecified atom stereocenters. The highest BCUT2D eigenvalue weighted by molar-refractivity contribution is 5.67. The Bertz CT molecular complexity index is 111. The number of hydrogen-bond acceptors (Lipinski definition) is 3. The Morgan fingerprint density at radius 2 is 1.82 bits per heavy atom. The van der Waals surface area contributed by atoms with Crippen LogP contribution in [0.3, 0.4) is 0 Å². The topological polar surface area (TPSA) is 61.4 Å². The van der Waals surface area contributed by atoms with Gasteiger partial charge < -0.3 is 15.7 Å². The van der Waals surface area contributed by atoms with E-state index in [2.05, 4.69) is 10.6 Å². The minimum absolute atomic E-state index is 0.183. The van der Waals surface area contributed by atoms with Crippen molar-refractivity contribution in [2.75, 3.05) is 27.2 Å². The van der Waals surface area contributed by atoms with Crippen molar-refractivity contribution in [2.24, 2.45) is 5.92 Å². The summed E-state index contributed by atoms with van der Waals surface area (Å²) in [6, 6.07) is 0. The van der Waals surface area contributed by atoms with E-state index in [9.17, 15) is 4.79 Å². The van der Waals surface area contributed by atoms with Gasteiger partial charge in [-0.05, 0) is 33.1 Å². The van der Waals surface area contributed by atoms with Crippen LogP contribution in [0.15, 0.2) is 0 Å². The second-order valence-corrected chi connectivity index (χ2v) is 2.58. The highest BCUT2D eigenvalue weighted by Crippen LogP contribution is 1.99. The third-order valence-electron chi connectivity index (χ3n) is 1.45. The summed E-state index contributed by atoms with van der Waals surface area (Å²) in [6.07, 6.45) is 0.224. The van der Waals surface area contributed by atoms with Crippen LogP contribution >= 0.6 is 0 Å². The van der Waals surface area contributed by atoms with Crippen molar-refractivity contribution in [3.63, 3.8) is 0 Å². The van der Waals surface area contributed by atoms with Gasteiger partial charge in [0.25, 0.3) is 0 Å². The fourth-order valence-corrected chi connectivity index (χ4v) is 1.04. The standard InChI is InChI=1S/C7H16N2O2/c1-8-4-6(5-9-2)3-7(10)11/h6,8-9H,3-5H2,1-2H3,(H,10,11). The molecular weight excluding hydrogens is 144 g/mol. The summed E-state index contributed by atoms with van der Waals surface area (Å²) in [4.78, 5) is 10.3. The van der Waals surface area contributed by atoms with E-state index in [1.807, 2.05) is 14.1 Å². The second-order valence-electron chi connectivity index (χ2n) is 2.58. The number of carbonyl (C=O) groups is 1. The predicted octanol–water partition coefficient (Wildman–Crippen LogP) is -0.484.